The number of hydrogen-bond acceptors (Lipinski definition) is 8. The minimum atomic E-state index is -1.54. The van der Waals surface area contributed by atoms with E-state index >= 15 is 4.79 Å². The largest absolute Gasteiger partial charge is 0.497 e. The number of benzene rings is 3. The molecule has 3 aromatic carbocycles. The molecule has 0 aliphatic carbocycles. The van der Waals surface area contributed by atoms with Crippen LogP contribution in [0.1, 0.15) is 30.0 Å². The molecule has 7 rings (SSSR count). The minimum absolute atomic E-state index is 0.0894. The van der Waals surface area contributed by atoms with Crippen LogP contribution in [0.3, 0.4) is 0 Å². The number of anilines is 1. The van der Waals surface area contributed by atoms with Gasteiger partial charge in [0.2, 0.25) is 11.8 Å². The number of nitrogens with zero attached hydrogens (tertiary/aromatic N) is 2. The van der Waals surface area contributed by atoms with Gasteiger partial charge in [-0.3, -0.25) is 19.2 Å². The normalized spacial score (nSPS) is 29.0. The van der Waals surface area contributed by atoms with E-state index in [4.69, 9.17) is 14.2 Å². The van der Waals surface area contributed by atoms with Gasteiger partial charge in [-0.1, -0.05) is 85.0 Å². The molecule has 11 heteroatoms. The molecule has 2 saturated heterocycles. The molecule has 11 nitrogen and oxygen atoms in total. The molecule has 4 aliphatic rings. The highest BCUT2D eigenvalue weighted by molar-refractivity contribution is 6.06. The standard InChI is InChI=1S/C40H41N3O8/c1-49-30-19-17-28(18-20-30)42-22-10-21-40-35(38(47)43(36(40)39(42)48)29(24-44)23-26-11-4-2-5-12-26)34-32(51-40)15-8-9-16-33(45)50-25-31(41-37(34)46)27-13-6-3-7-14-27/h2-8,10-15,17-21,29,31-32,34-36,44H,9,16,22-25H2,1H3,(H,41,46)/b15-8-/t29-,31+,32-,34+,35+,36-,40+/m1/s1. The van der Waals surface area contributed by atoms with E-state index in [1.807, 2.05) is 66.7 Å². The summed E-state index contributed by atoms with van der Waals surface area (Å²) in [4.78, 5) is 60.2. The van der Waals surface area contributed by atoms with E-state index in [2.05, 4.69) is 5.32 Å². The van der Waals surface area contributed by atoms with Crippen molar-refractivity contribution in [3.05, 3.63) is 120 Å². The second kappa shape index (κ2) is 14.5. The van der Waals surface area contributed by atoms with Crippen LogP contribution in [0, 0.1) is 11.8 Å². The number of carbonyl (C=O) groups is 4. The van der Waals surface area contributed by atoms with E-state index in [0.717, 1.165) is 11.1 Å². The Bertz CT molecular complexity index is 1810. The number of rotatable bonds is 7. The fourth-order valence-electron chi connectivity index (χ4n) is 7.90. The molecule has 0 radical (unpaired) electrons. The van der Waals surface area contributed by atoms with Crippen LogP contribution < -0.4 is 15.0 Å². The number of nitrogens with one attached hydrogen (secondary N) is 1. The maximum atomic E-state index is 15.0. The smallest absolute Gasteiger partial charge is 0.306 e. The first-order valence-corrected chi connectivity index (χ1v) is 17.3. The van der Waals surface area contributed by atoms with Crippen molar-refractivity contribution < 1.29 is 38.5 Å². The van der Waals surface area contributed by atoms with Gasteiger partial charge in [0, 0.05) is 18.7 Å². The van der Waals surface area contributed by atoms with E-state index in [1.165, 1.54) is 4.90 Å². The van der Waals surface area contributed by atoms with Crippen LogP contribution in [0.5, 0.6) is 5.75 Å². The second-order valence-corrected chi connectivity index (χ2v) is 13.3. The van der Waals surface area contributed by atoms with Crippen LogP contribution >= 0.6 is 0 Å². The number of carbonyl (C=O) groups excluding carboxylic acids is 4. The molecule has 3 aromatic rings. The van der Waals surface area contributed by atoms with E-state index in [1.54, 1.807) is 54.5 Å². The van der Waals surface area contributed by atoms with E-state index in [-0.39, 0.29) is 26.0 Å². The molecule has 4 aliphatic heterocycles. The lowest BCUT2D eigenvalue weighted by molar-refractivity contribution is -0.146. The van der Waals surface area contributed by atoms with E-state index in [9.17, 15) is 19.5 Å². The fraction of sp³-hybridized carbons (Fsp3) is 0.350. The Hall–Kier alpha value is -5.26. The van der Waals surface area contributed by atoms with Crippen LogP contribution in [0.2, 0.25) is 0 Å². The summed E-state index contributed by atoms with van der Waals surface area (Å²) in [7, 11) is 1.56. The summed E-state index contributed by atoms with van der Waals surface area (Å²) in [5.41, 5.74) is 0.673. The zero-order chi connectivity index (χ0) is 35.5. The first-order chi connectivity index (χ1) is 24.8. The van der Waals surface area contributed by atoms with Gasteiger partial charge in [-0.2, -0.15) is 0 Å². The third-order valence-electron chi connectivity index (χ3n) is 10.3. The summed E-state index contributed by atoms with van der Waals surface area (Å²) in [6, 6.07) is 23.1. The van der Waals surface area contributed by atoms with Gasteiger partial charge in [-0.05, 0) is 48.2 Å². The number of aliphatic hydroxyl groups excluding tert-OH is 1. The summed E-state index contributed by atoms with van der Waals surface area (Å²) in [5, 5.41) is 13.9. The average Bonchev–Trinajstić information content (AvgIpc) is 3.55. The molecule has 0 unspecified atom stereocenters. The molecular formula is C40H41N3O8. The molecule has 3 amide bonds. The van der Waals surface area contributed by atoms with Crippen LogP contribution in [-0.4, -0.2) is 84.4 Å². The quantitative estimate of drug-likeness (QED) is 0.284. The van der Waals surface area contributed by atoms with Crippen molar-refractivity contribution in [3.63, 3.8) is 0 Å². The van der Waals surface area contributed by atoms with E-state index in [0.29, 0.717) is 17.9 Å². The average molecular weight is 692 g/mol. The number of amides is 3. The summed E-state index contributed by atoms with van der Waals surface area (Å²) < 4.78 is 17.8. The fourth-order valence-corrected chi connectivity index (χ4v) is 7.90. The summed E-state index contributed by atoms with van der Waals surface area (Å²) in [6.07, 6.45) is 6.92. The van der Waals surface area contributed by atoms with Crippen molar-refractivity contribution in [1.29, 1.82) is 0 Å². The molecule has 264 valence electrons. The summed E-state index contributed by atoms with van der Waals surface area (Å²) in [5.74, 6) is -3.22. The van der Waals surface area contributed by atoms with Crippen LogP contribution in [0.4, 0.5) is 5.69 Å². The molecule has 2 N–H and O–H groups in total. The number of likely N-dealkylation sites (tertiary alicyclic amines) is 1. The number of aliphatic hydroxyl groups is 1. The Morgan fingerprint density at radius 1 is 0.941 bits per heavy atom. The number of esters is 1. The number of ether oxygens (including phenoxy) is 3. The number of methoxy groups -OCH3 is 1. The number of fused-ring (bicyclic) bond motifs is 2. The van der Waals surface area contributed by atoms with Gasteiger partial charge in [0.05, 0.1) is 43.7 Å². The topological polar surface area (TPSA) is 135 Å². The highest BCUT2D eigenvalue weighted by Crippen LogP contribution is 2.54. The van der Waals surface area contributed by atoms with Gasteiger partial charge in [0.15, 0.2) is 0 Å². The minimum Gasteiger partial charge on any atom is -0.497 e. The maximum absolute atomic E-state index is 15.0. The SMILES string of the molecule is COc1ccc(N2CC=C[C@]34O[C@@H]5/C=C\CCC(=O)OC[C@@H](c6ccccc6)NC(=O)[C@@H]5[C@H]3C(=O)N([C@@H](CO)Cc3ccccc3)[C@@H]4C2=O)cc1. The molecule has 51 heavy (non-hydrogen) atoms. The molecule has 0 saturated carbocycles. The Kier molecular flexibility index (Phi) is 9.75. The molecule has 2 fully saturated rings. The third kappa shape index (κ3) is 6.43. The van der Waals surface area contributed by atoms with Crippen LogP contribution in [0.15, 0.2) is 109 Å². The zero-order valence-corrected chi connectivity index (χ0v) is 28.3. The lowest BCUT2D eigenvalue weighted by Gasteiger charge is -2.38. The van der Waals surface area contributed by atoms with Gasteiger partial charge < -0.3 is 34.4 Å². The summed E-state index contributed by atoms with van der Waals surface area (Å²) >= 11 is 0. The second-order valence-electron chi connectivity index (χ2n) is 13.3. The third-order valence-corrected chi connectivity index (χ3v) is 10.3. The Morgan fingerprint density at radius 2 is 1.67 bits per heavy atom. The Balaban J connectivity index is 1.33. The molecular weight excluding hydrogens is 650 g/mol. The first kappa shape index (κ1) is 34.2. The molecule has 0 aromatic heterocycles. The van der Waals surface area contributed by atoms with Gasteiger partial charge >= 0.3 is 5.97 Å². The van der Waals surface area contributed by atoms with E-state index < -0.39 is 72.0 Å². The molecule has 4 heterocycles. The van der Waals surface area contributed by atoms with Crippen molar-refractivity contribution in [1.82, 2.24) is 10.2 Å². The predicted octanol–water partition coefficient (Wildman–Crippen LogP) is 3.53. The highest BCUT2D eigenvalue weighted by atomic mass is 16.5. The monoisotopic (exact) mass is 691 g/mol. The zero-order valence-electron chi connectivity index (χ0n) is 28.3. The van der Waals surface area contributed by atoms with Crippen molar-refractivity contribution in [2.75, 3.05) is 31.8 Å². The number of allylic oxidation sites excluding steroid dienone is 1. The lowest BCUT2D eigenvalue weighted by Crippen LogP contribution is -2.58. The van der Waals surface area contributed by atoms with Crippen molar-refractivity contribution in [3.8, 4) is 5.75 Å². The highest BCUT2D eigenvalue weighted by Gasteiger charge is 2.72. The Labute approximate surface area is 296 Å². The van der Waals surface area contributed by atoms with Gasteiger partial charge in [0.25, 0.3) is 5.91 Å². The van der Waals surface area contributed by atoms with Crippen molar-refractivity contribution >= 4 is 29.4 Å². The molecule has 1 spiro atoms. The van der Waals surface area contributed by atoms with Gasteiger partial charge in [0.1, 0.15) is 24.0 Å². The lowest BCUT2D eigenvalue weighted by atomic mass is 9.77. The van der Waals surface area contributed by atoms with Crippen molar-refractivity contribution in [2.45, 2.75) is 49.1 Å². The maximum Gasteiger partial charge on any atom is 0.306 e. The van der Waals surface area contributed by atoms with Crippen LogP contribution in [-0.2, 0) is 35.1 Å². The number of hydrogen-bond donors (Lipinski definition) is 2. The van der Waals surface area contributed by atoms with Crippen molar-refractivity contribution in [2.24, 2.45) is 11.8 Å². The molecule has 7 atom stereocenters. The molecule has 0 bridgehead atoms. The first-order valence-electron chi connectivity index (χ1n) is 17.3. The van der Waals surface area contributed by atoms with Gasteiger partial charge in [-0.25, -0.2) is 0 Å². The predicted molar refractivity (Wildman–Crippen MR) is 187 cm³/mol. The van der Waals surface area contributed by atoms with Gasteiger partial charge in [-0.15, -0.1) is 0 Å². The summed E-state index contributed by atoms with van der Waals surface area (Å²) in [6.45, 7) is -0.314. The Morgan fingerprint density at radius 3 is 2.37 bits per heavy atom. The number of cyclic esters (lactones) is 1. The van der Waals surface area contributed by atoms with Crippen LogP contribution in [0.25, 0.3) is 0 Å².